The summed E-state index contributed by atoms with van der Waals surface area (Å²) in [6.07, 6.45) is 0. The van der Waals surface area contributed by atoms with Crippen molar-refractivity contribution in [1.82, 2.24) is 0 Å². The van der Waals surface area contributed by atoms with Crippen LogP contribution in [-0.4, -0.2) is 16.0 Å². The van der Waals surface area contributed by atoms with E-state index in [1.54, 1.807) is 0 Å². The molecule has 0 aliphatic heterocycles. The lowest BCUT2D eigenvalue weighted by molar-refractivity contribution is -0.384. The standard InChI is InChI=1S/C14H10BrNO5/c15-10-3-1-2-9(6-10)8-21-13-5-4-11(16(19)20)7-12(13)14(17)18/h1-7H,8H2,(H,17,18). The number of nitro benzene ring substituents is 1. The second-order valence-electron chi connectivity index (χ2n) is 4.16. The number of carbonyl (C=O) groups is 1. The Morgan fingerprint density at radius 1 is 1.29 bits per heavy atom. The van der Waals surface area contributed by atoms with Gasteiger partial charge in [0.1, 0.15) is 17.9 Å². The largest absolute Gasteiger partial charge is 0.488 e. The van der Waals surface area contributed by atoms with Gasteiger partial charge in [0.05, 0.1) is 4.92 Å². The third-order valence-corrected chi connectivity index (χ3v) is 3.18. The van der Waals surface area contributed by atoms with Gasteiger partial charge in [0.2, 0.25) is 0 Å². The van der Waals surface area contributed by atoms with Crippen molar-refractivity contribution in [2.45, 2.75) is 6.61 Å². The number of halogens is 1. The minimum absolute atomic E-state index is 0.0908. The molecule has 2 rings (SSSR count). The minimum Gasteiger partial charge on any atom is -0.488 e. The maximum atomic E-state index is 11.2. The van der Waals surface area contributed by atoms with E-state index in [-0.39, 0.29) is 23.6 Å². The van der Waals surface area contributed by atoms with Gasteiger partial charge in [-0.25, -0.2) is 4.79 Å². The maximum Gasteiger partial charge on any atom is 0.339 e. The van der Waals surface area contributed by atoms with Crippen LogP contribution in [0.5, 0.6) is 5.75 Å². The Hall–Kier alpha value is -2.41. The molecule has 0 aromatic heterocycles. The normalized spacial score (nSPS) is 10.1. The highest BCUT2D eigenvalue weighted by atomic mass is 79.9. The number of carboxylic acid groups (broad SMARTS) is 1. The Labute approximate surface area is 128 Å². The van der Waals surface area contributed by atoms with Crippen molar-refractivity contribution >= 4 is 27.6 Å². The van der Waals surface area contributed by atoms with Crippen LogP contribution in [0.15, 0.2) is 46.9 Å². The van der Waals surface area contributed by atoms with Crippen LogP contribution in [-0.2, 0) is 6.61 Å². The molecule has 0 fully saturated rings. The number of ether oxygens (including phenoxy) is 1. The van der Waals surface area contributed by atoms with Crippen molar-refractivity contribution < 1.29 is 19.6 Å². The molecule has 2 aromatic rings. The van der Waals surface area contributed by atoms with Gasteiger partial charge in [-0.05, 0) is 23.8 Å². The van der Waals surface area contributed by atoms with Gasteiger partial charge in [0.15, 0.2) is 0 Å². The number of aromatic carboxylic acids is 1. The number of nitro groups is 1. The van der Waals surface area contributed by atoms with Crippen LogP contribution in [0.3, 0.4) is 0 Å². The minimum atomic E-state index is -1.28. The first-order valence-electron chi connectivity index (χ1n) is 5.86. The van der Waals surface area contributed by atoms with Crippen molar-refractivity contribution in [2.75, 3.05) is 0 Å². The molecule has 0 saturated carbocycles. The number of non-ortho nitro benzene ring substituents is 1. The summed E-state index contributed by atoms with van der Waals surface area (Å²) in [5.41, 5.74) is 0.320. The zero-order valence-electron chi connectivity index (χ0n) is 10.7. The van der Waals surface area contributed by atoms with E-state index in [0.29, 0.717) is 0 Å². The van der Waals surface area contributed by atoms with E-state index >= 15 is 0 Å². The zero-order valence-corrected chi connectivity index (χ0v) is 12.2. The van der Waals surface area contributed by atoms with Crippen molar-refractivity contribution in [2.24, 2.45) is 0 Å². The Kier molecular flexibility index (Phi) is 4.54. The smallest absolute Gasteiger partial charge is 0.339 e. The summed E-state index contributed by atoms with van der Waals surface area (Å²) in [5, 5.41) is 19.8. The first kappa shape index (κ1) is 15.0. The maximum absolute atomic E-state index is 11.2. The molecule has 2 aromatic carbocycles. The first-order valence-corrected chi connectivity index (χ1v) is 6.65. The molecule has 0 aliphatic carbocycles. The van der Waals surface area contributed by atoms with Gasteiger partial charge in [-0.3, -0.25) is 10.1 Å². The molecule has 0 aliphatic rings. The van der Waals surface area contributed by atoms with Gasteiger partial charge in [0.25, 0.3) is 5.69 Å². The highest BCUT2D eigenvalue weighted by Crippen LogP contribution is 2.25. The number of carboxylic acids is 1. The van der Waals surface area contributed by atoms with E-state index in [1.807, 2.05) is 24.3 Å². The monoisotopic (exact) mass is 351 g/mol. The average molecular weight is 352 g/mol. The molecule has 0 atom stereocenters. The molecule has 0 amide bonds. The summed E-state index contributed by atoms with van der Waals surface area (Å²) < 4.78 is 6.33. The SMILES string of the molecule is O=C(O)c1cc([N+](=O)[O-])ccc1OCc1cccc(Br)c1. The Balaban J connectivity index is 2.23. The molecular weight excluding hydrogens is 342 g/mol. The predicted molar refractivity (Wildman–Crippen MR) is 78.5 cm³/mol. The van der Waals surface area contributed by atoms with Crippen LogP contribution >= 0.6 is 15.9 Å². The fraction of sp³-hybridized carbons (Fsp3) is 0.0714. The van der Waals surface area contributed by atoms with Gasteiger partial charge in [0, 0.05) is 16.6 Å². The van der Waals surface area contributed by atoms with Crippen molar-refractivity contribution in [3.63, 3.8) is 0 Å². The van der Waals surface area contributed by atoms with Gasteiger partial charge in [-0.15, -0.1) is 0 Å². The summed E-state index contributed by atoms with van der Waals surface area (Å²) in [4.78, 5) is 21.2. The fourth-order valence-electron chi connectivity index (χ4n) is 1.71. The summed E-state index contributed by atoms with van der Waals surface area (Å²) in [6, 6.07) is 10.8. The average Bonchev–Trinajstić information content (AvgIpc) is 2.44. The molecular formula is C14H10BrNO5. The molecule has 1 N–H and O–H groups in total. The highest BCUT2D eigenvalue weighted by molar-refractivity contribution is 9.10. The lowest BCUT2D eigenvalue weighted by atomic mass is 10.1. The number of hydrogen-bond donors (Lipinski definition) is 1. The fourth-order valence-corrected chi connectivity index (χ4v) is 2.16. The van der Waals surface area contributed by atoms with E-state index in [4.69, 9.17) is 9.84 Å². The van der Waals surface area contributed by atoms with Gasteiger partial charge in [-0.1, -0.05) is 28.1 Å². The molecule has 7 heteroatoms. The molecule has 6 nitrogen and oxygen atoms in total. The number of benzene rings is 2. The molecule has 0 radical (unpaired) electrons. The molecule has 0 saturated heterocycles. The molecule has 0 bridgehead atoms. The summed E-state index contributed by atoms with van der Waals surface area (Å²) in [5.74, 6) is -1.18. The number of nitrogens with zero attached hydrogens (tertiary/aromatic N) is 1. The van der Waals surface area contributed by atoms with Crippen LogP contribution in [0, 0.1) is 10.1 Å². The second kappa shape index (κ2) is 6.36. The van der Waals surface area contributed by atoms with Crippen LogP contribution in [0.4, 0.5) is 5.69 Å². The van der Waals surface area contributed by atoms with Crippen molar-refractivity contribution in [1.29, 1.82) is 0 Å². The Morgan fingerprint density at radius 3 is 2.67 bits per heavy atom. The summed E-state index contributed by atoms with van der Waals surface area (Å²) in [7, 11) is 0. The van der Waals surface area contributed by atoms with Crippen LogP contribution in [0.2, 0.25) is 0 Å². The van der Waals surface area contributed by atoms with E-state index in [9.17, 15) is 14.9 Å². The molecule has 108 valence electrons. The van der Waals surface area contributed by atoms with E-state index in [2.05, 4.69) is 15.9 Å². The zero-order chi connectivity index (χ0) is 15.4. The number of hydrogen-bond acceptors (Lipinski definition) is 4. The third-order valence-electron chi connectivity index (χ3n) is 2.69. The molecule has 0 spiro atoms. The summed E-state index contributed by atoms with van der Waals surface area (Å²) in [6.45, 7) is 0.164. The van der Waals surface area contributed by atoms with Crippen molar-refractivity contribution in [3.8, 4) is 5.75 Å². The van der Waals surface area contributed by atoms with Gasteiger partial charge >= 0.3 is 5.97 Å². The number of rotatable bonds is 5. The topological polar surface area (TPSA) is 89.7 Å². The van der Waals surface area contributed by atoms with Gasteiger partial charge < -0.3 is 9.84 Å². The van der Waals surface area contributed by atoms with E-state index in [0.717, 1.165) is 16.1 Å². The molecule has 0 unspecified atom stereocenters. The predicted octanol–water partition coefficient (Wildman–Crippen LogP) is 3.63. The van der Waals surface area contributed by atoms with Crippen LogP contribution in [0.1, 0.15) is 15.9 Å². The molecule has 21 heavy (non-hydrogen) atoms. The van der Waals surface area contributed by atoms with Gasteiger partial charge in [-0.2, -0.15) is 0 Å². The third kappa shape index (κ3) is 3.79. The molecule has 0 heterocycles. The lowest BCUT2D eigenvalue weighted by Crippen LogP contribution is -2.04. The van der Waals surface area contributed by atoms with E-state index in [1.165, 1.54) is 12.1 Å². The quantitative estimate of drug-likeness (QED) is 0.656. The Bertz CT molecular complexity index is 702. The van der Waals surface area contributed by atoms with Crippen LogP contribution in [0.25, 0.3) is 0 Å². The summed E-state index contributed by atoms with van der Waals surface area (Å²) >= 11 is 3.33. The van der Waals surface area contributed by atoms with Crippen LogP contribution < -0.4 is 4.74 Å². The lowest BCUT2D eigenvalue weighted by Gasteiger charge is -2.09. The Morgan fingerprint density at radius 2 is 2.05 bits per heavy atom. The highest BCUT2D eigenvalue weighted by Gasteiger charge is 2.17. The van der Waals surface area contributed by atoms with Crippen molar-refractivity contribution in [3.05, 3.63) is 68.2 Å². The first-order chi connectivity index (χ1) is 9.97. The van der Waals surface area contributed by atoms with E-state index < -0.39 is 10.9 Å². The second-order valence-corrected chi connectivity index (χ2v) is 5.08.